The Bertz CT molecular complexity index is 79.4. The zero-order valence-electron chi connectivity index (χ0n) is 4.79. The van der Waals surface area contributed by atoms with Gasteiger partial charge in [-0.05, 0) is 6.92 Å². The predicted octanol–water partition coefficient (Wildman–Crippen LogP) is 2.80. The number of hydrogen-bond donors (Lipinski definition) is 0. The maximum absolute atomic E-state index is 5.41. The molecule has 1 rings (SSSR count). The first-order valence-corrected chi connectivity index (χ1v) is 8.82. The molecule has 0 N–H and O–H groups in total. The number of rotatable bonds is 1. The smallest absolute Gasteiger partial charge is 0.0579 e. The fraction of sp³-hybridized carbons (Fsp3) is 1.00. The second-order valence-corrected chi connectivity index (χ2v) is 14.0. The summed E-state index contributed by atoms with van der Waals surface area (Å²) in [4.78, 5) is -0.884. The van der Waals surface area contributed by atoms with Crippen LogP contribution in [0.5, 0.6) is 0 Å². The molecule has 0 atom stereocenters. The monoisotopic (exact) mass is 184 g/mol. The average molecular weight is 184 g/mol. The third-order valence-electron chi connectivity index (χ3n) is 1.05. The van der Waals surface area contributed by atoms with Crippen LogP contribution in [-0.4, -0.2) is 17.7 Å². The van der Waals surface area contributed by atoms with Gasteiger partial charge in [0, 0.05) is 39.1 Å². The quantitative estimate of drug-likeness (QED) is 0.454. The van der Waals surface area contributed by atoms with E-state index in [-0.39, 0.29) is 0 Å². The van der Waals surface area contributed by atoms with Gasteiger partial charge in [-0.25, -0.2) is 0 Å². The first kappa shape index (κ1) is 7.59. The molecule has 4 heteroatoms. The van der Waals surface area contributed by atoms with Gasteiger partial charge >= 0.3 is 0 Å². The fourth-order valence-electron chi connectivity index (χ4n) is 0.573. The number of hydrogen-bond acceptors (Lipinski definition) is 3. The molecule has 1 aliphatic rings. The van der Waals surface area contributed by atoms with E-state index in [0.717, 1.165) is 0 Å². The van der Waals surface area contributed by atoms with Crippen molar-refractivity contribution < 1.29 is 0 Å². The van der Waals surface area contributed by atoms with Gasteiger partial charge in [-0.1, -0.05) is 0 Å². The maximum atomic E-state index is 5.41. The second-order valence-electron chi connectivity index (χ2n) is 1.59. The van der Waals surface area contributed by atoms with E-state index in [1.54, 1.807) is 0 Å². The molecule has 0 aromatic rings. The normalized spacial score (nSPS) is 26.2. The minimum atomic E-state index is -0.884. The predicted molar refractivity (Wildman–Crippen MR) is 49.7 cm³/mol. The van der Waals surface area contributed by atoms with E-state index >= 15 is 0 Å². The van der Waals surface area contributed by atoms with Crippen LogP contribution in [0.1, 0.15) is 6.92 Å². The van der Waals surface area contributed by atoms with Crippen LogP contribution in [-0.2, 0) is 12.2 Å². The van der Waals surface area contributed by atoms with Crippen LogP contribution in [0.25, 0.3) is 0 Å². The Hall–Kier alpha value is 1.48. The third-order valence-corrected chi connectivity index (χ3v) is 13.2. The zero-order chi connectivity index (χ0) is 6.04. The van der Waals surface area contributed by atoms with Crippen molar-refractivity contribution in [1.82, 2.24) is 0 Å². The summed E-state index contributed by atoms with van der Waals surface area (Å²) in [5.41, 5.74) is 0. The topological polar surface area (TPSA) is 0 Å². The van der Waals surface area contributed by atoms with Crippen LogP contribution in [0.3, 0.4) is 0 Å². The maximum Gasteiger partial charge on any atom is 0.0579 e. The highest BCUT2D eigenvalue weighted by atomic mass is 33.4. The van der Waals surface area contributed by atoms with Gasteiger partial charge in [0.25, 0.3) is 0 Å². The average Bonchev–Trinajstić information content (AvgIpc) is 2.17. The summed E-state index contributed by atoms with van der Waals surface area (Å²) >= 11 is 9.47. The molecular weight excluding hydrogens is 175 g/mol. The molecule has 48 valence electrons. The van der Waals surface area contributed by atoms with Crippen LogP contribution < -0.4 is 0 Å². The molecule has 0 spiro atoms. The summed E-state index contributed by atoms with van der Waals surface area (Å²) in [6, 6.07) is 0. The van der Waals surface area contributed by atoms with Gasteiger partial charge in [0.05, 0.1) is 6.16 Å². The van der Waals surface area contributed by atoms with Crippen LogP contribution in [0.4, 0.5) is 0 Å². The second kappa shape index (κ2) is 3.05. The van der Waals surface area contributed by atoms with Gasteiger partial charge in [-0.2, -0.15) is 0 Å². The summed E-state index contributed by atoms with van der Waals surface area (Å²) in [6.07, 6.45) is 1.23. The van der Waals surface area contributed by atoms with Crippen molar-refractivity contribution in [2.45, 2.75) is 6.92 Å². The Kier molecular flexibility index (Phi) is 2.89. The van der Waals surface area contributed by atoms with Gasteiger partial charge < -0.3 is 12.2 Å². The largest absolute Gasteiger partial charge is 0.532 e. The van der Waals surface area contributed by atoms with Crippen molar-refractivity contribution in [1.29, 1.82) is 0 Å². The highest BCUT2D eigenvalue weighted by molar-refractivity contribution is 9.13. The van der Waals surface area contributed by atoms with Crippen LogP contribution in [0.2, 0.25) is 0 Å². The summed E-state index contributed by atoms with van der Waals surface area (Å²) in [6.45, 7) is 2.21. The van der Waals surface area contributed by atoms with Gasteiger partial charge in [0.1, 0.15) is 0 Å². The zero-order valence-corrected chi connectivity index (χ0v) is 8.14. The minimum Gasteiger partial charge on any atom is -0.532 e. The summed E-state index contributed by atoms with van der Waals surface area (Å²) in [5, 5.41) is 0. The lowest BCUT2D eigenvalue weighted by molar-refractivity contribution is 1.53. The van der Waals surface area contributed by atoms with Gasteiger partial charge in [0.15, 0.2) is 0 Å². The molecule has 0 saturated carbocycles. The molecule has 8 heavy (non-hydrogen) atoms. The Morgan fingerprint density at radius 3 is 2.25 bits per heavy atom. The van der Waals surface area contributed by atoms with E-state index in [9.17, 15) is 0 Å². The van der Waals surface area contributed by atoms with E-state index in [2.05, 4.69) is 6.92 Å². The third kappa shape index (κ3) is 1.73. The summed E-state index contributed by atoms with van der Waals surface area (Å²) in [5.74, 6) is 2.60. The molecule has 1 heterocycles. The Morgan fingerprint density at radius 1 is 1.50 bits per heavy atom. The van der Waals surface area contributed by atoms with Gasteiger partial charge in [-0.15, -0.1) is 0 Å². The standard InChI is InChI=1S/C4H9PS3/c1-2-5(6)7-3-4-8-5/h2-4H2,1H3. The molecule has 0 aromatic heterocycles. The molecule has 1 fully saturated rings. The molecule has 0 unspecified atom stereocenters. The van der Waals surface area contributed by atoms with Crippen LogP contribution in [0.15, 0.2) is 0 Å². The van der Waals surface area contributed by atoms with E-state index in [0.29, 0.717) is 0 Å². The molecule has 0 nitrogen and oxygen atoms in total. The van der Waals surface area contributed by atoms with E-state index < -0.39 is 4.87 Å². The molecule has 1 saturated heterocycles. The van der Waals surface area contributed by atoms with Crippen LogP contribution in [0, 0.1) is 0 Å². The van der Waals surface area contributed by atoms with Crippen molar-refractivity contribution in [3.63, 3.8) is 0 Å². The summed E-state index contributed by atoms with van der Waals surface area (Å²) in [7, 11) is 0. The van der Waals surface area contributed by atoms with Gasteiger partial charge in [-0.3, -0.25) is 0 Å². The van der Waals surface area contributed by atoms with E-state index in [4.69, 9.17) is 12.2 Å². The Balaban J connectivity index is 2.40. The lowest BCUT2D eigenvalue weighted by Gasteiger charge is -2.20. The fourth-order valence-corrected chi connectivity index (χ4v) is 9.85. The van der Waals surface area contributed by atoms with Crippen molar-refractivity contribution in [2.75, 3.05) is 17.7 Å². The Morgan fingerprint density at radius 2 is 2.00 bits per heavy atom. The first-order valence-electron chi connectivity index (χ1n) is 2.65. The molecule has 0 amide bonds. The highest BCUT2D eigenvalue weighted by Crippen LogP contribution is 2.81. The molecule has 1 aliphatic heterocycles. The van der Waals surface area contributed by atoms with Crippen molar-refractivity contribution in [3.05, 3.63) is 0 Å². The van der Waals surface area contributed by atoms with Crippen molar-refractivity contribution in [2.24, 2.45) is 0 Å². The molecule has 0 radical (unpaired) electrons. The SMILES string of the molecule is CC[P+]1([S-])SCCS1. The van der Waals surface area contributed by atoms with Crippen LogP contribution >= 0.6 is 27.6 Å². The van der Waals surface area contributed by atoms with Crippen molar-refractivity contribution >= 4 is 39.9 Å². The Labute approximate surface area is 64.6 Å². The van der Waals surface area contributed by atoms with Crippen molar-refractivity contribution in [3.8, 4) is 0 Å². The van der Waals surface area contributed by atoms with Gasteiger partial charge in [0.2, 0.25) is 0 Å². The lowest BCUT2D eigenvalue weighted by Crippen LogP contribution is -1.73. The molecular formula is C4H9PS3. The minimum absolute atomic E-state index is 0.884. The molecule has 0 aromatic carbocycles. The first-order chi connectivity index (χ1) is 3.77. The molecule has 0 aliphatic carbocycles. The van der Waals surface area contributed by atoms with E-state index in [1.165, 1.54) is 17.7 Å². The van der Waals surface area contributed by atoms with E-state index in [1.807, 2.05) is 22.8 Å². The highest BCUT2D eigenvalue weighted by Gasteiger charge is 2.29. The molecule has 0 bridgehead atoms. The summed E-state index contributed by atoms with van der Waals surface area (Å²) < 4.78 is 0. The lowest BCUT2D eigenvalue weighted by atomic mass is 11.0.